The van der Waals surface area contributed by atoms with Gasteiger partial charge >= 0.3 is 11.9 Å². The molecule has 9 nitrogen and oxygen atoms in total. The lowest BCUT2D eigenvalue weighted by atomic mass is 10.1. The number of thiocarbonyl (C=S) groups is 1. The molecule has 1 aliphatic heterocycles. The van der Waals surface area contributed by atoms with Crippen molar-refractivity contribution in [1.29, 1.82) is 0 Å². The lowest BCUT2D eigenvalue weighted by Gasteiger charge is -2.14. The molecule has 1 heterocycles. The Morgan fingerprint density at radius 1 is 1.10 bits per heavy atom. The van der Waals surface area contributed by atoms with Crippen molar-refractivity contribution in [3.63, 3.8) is 0 Å². The summed E-state index contributed by atoms with van der Waals surface area (Å²) in [7, 11) is 4.15. The van der Waals surface area contributed by atoms with Crippen molar-refractivity contribution < 1.29 is 33.3 Å². The van der Waals surface area contributed by atoms with E-state index in [1.165, 1.54) is 24.0 Å². The van der Waals surface area contributed by atoms with Gasteiger partial charge in [-0.2, -0.15) is 0 Å². The van der Waals surface area contributed by atoms with Gasteiger partial charge in [0, 0.05) is 7.05 Å². The molecule has 1 amide bonds. The second-order valence-corrected chi connectivity index (χ2v) is 6.21. The van der Waals surface area contributed by atoms with E-state index >= 15 is 0 Å². The molecule has 1 saturated heterocycles. The molecule has 10 heteroatoms. The zero-order valence-electron chi connectivity index (χ0n) is 16.6. The summed E-state index contributed by atoms with van der Waals surface area (Å²) in [5.74, 6) is -0.717. The summed E-state index contributed by atoms with van der Waals surface area (Å²) in [6.07, 6.45) is 1.62. The first-order valence-electron chi connectivity index (χ1n) is 8.66. The Bertz CT molecular complexity index is 853. The van der Waals surface area contributed by atoms with Gasteiger partial charge in [0.2, 0.25) is 0 Å². The van der Waals surface area contributed by atoms with Gasteiger partial charge in [0.05, 0.1) is 20.8 Å². The van der Waals surface area contributed by atoms with Crippen LogP contribution in [0.15, 0.2) is 23.9 Å². The fraction of sp³-hybridized carbons (Fsp3) is 0.368. The number of ether oxygens (including phenoxy) is 4. The van der Waals surface area contributed by atoms with Crippen molar-refractivity contribution in [2.75, 3.05) is 41.0 Å². The molecular formula is C19H22N2O7S. The van der Waals surface area contributed by atoms with Crippen LogP contribution in [0.25, 0.3) is 6.08 Å². The first kappa shape index (κ1) is 22.2. The zero-order chi connectivity index (χ0) is 21.6. The van der Waals surface area contributed by atoms with Gasteiger partial charge in [-0.05, 0) is 42.9 Å². The number of hydrogen-bond acceptors (Lipinski definition) is 8. The molecule has 0 radical (unpaired) electrons. The van der Waals surface area contributed by atoms with Gasteiger partial charge in [0.1, 0.15) is 12.2 Å². The summed E-state index contributed by atoms with van der Waals surface area (Å²) in [5.41, 5.74) is 0.946. The molecule has 0 unspecified atom stereocenters. The smallest absolute Gasteiger partial charge is 0.343 e. The molecule has 0 N–H and O–H groups in total. The highest BCUT2D eigenvalue weighted by Gasteiger charge is 2.37. The van der Waals surface area contributed by atoms with Gasteiger partial charge in [0.15, 0.2) is 23.2 Å². The normalized spacial score (nSPS) is 15.0. The number of likely N-dealkylation sites (N-methyl/N-ethyl adjacent to an activating group) is 1. The first-order chi connectivity index (χ1) is 13.8. The Balaban J connectivity index is 2.29. The molecule has 0 atom stereocenters. The number of esters is 2. The van der Waals surface area contributed by atoms with Crippen LogP contribution in [-0.2, 0) is 23.9 Å². The highest BCUT2D eigenvalue weighted by molar-refractivity contribution is 7.80. The summed E-state index contributed by atoms with van der Waals surface area (Å²) in [4.78, 5) is 38.2. The summed E-state index contributed by atoms with van der Waals surface area (Å²) < 4.78 is 20.2. The molecule has 0 bridgehead atoms. The van der Waals surface area contributed by atoms with E-state index in [-0.39, 0.29) is 18.3 Å². The van der Waals surface area contributed by atoms with Crippen LogP contribution in [0.4, 0.5) is 0 Å². The van der Waals surface area contributed by atoms with Crippen LogP contribution < -0.4 is 9.47 Å². The van der Waals surface area contributed by atoms with Gasteiger partial charge in [-0.3, -0.25) is 14.5 Å². The molecule has 0 aliphatic carbocycles. The van der Waals surface area contributed by atoms with Gasteiger partial charge in [-0.15, -0.1) is 0 Å². The molecule has 2 rings (SSSR count). The fourth-order valence-electron chi connectivity index (χ4n) is 2.50. The summed E-state index contributed by atoms with van der Waals surface area (Å²) >= 11 is 5.25. The lowest BCUT2D eigenvalue weighted by molar-refractivity contribution is -0.143. The molecule has 1 aromatic carbocycles. The van der Waals surface area contributed by atoms with E-state index in [0.717, 1.165) is 0 Å². The van der Waals surface area contributed by atoms with E-state index in [1.54, 1.807) is 31.3 Å². The average Bonchev–Trinajstić information content (AvgIpc) is 2.91. The summed E-state index contributed by atoms with van der Waals surface area (Å²) in [6.45, 7) is 1.67. The maximum absolute atomic E-state index is 12.7. The van der Waals surface area contributed by atoms with Crippen LogP contribution in [0.3, 0.4) is 0 Å². The van der Waals surface area contributed by atoms with Crippen LogP contribution in [0.2, 0.25) is 0 Å². The highest BCUT2D eigenvalue weighted by Crippen LogP contribution is 2.30. The minimum absolute atomic E-state index is 0.203. The molecule has 1 aromatic rings. The Hall–Kier alpha value is -3.14. The molecule has 0 spiro atoms. The SMILES string of the molecule is CCOc1cc(/C=C2/C(=O)N(CC(=O)OC)C(=S)N2C)ccc1OCC(=O)OC. The molecule has 0 aromatic heterocycles. The third-order valence-electron chi connectivity index (χ3n) is 4.00. The van der Waals surface area contributed by atoms with Gasteiger partial charge in [-0.25, -0.2) is 4.79 Å². The lowest BCUT2D eigenvalue weighted by Crippen LogP contribution is -2.36. The predicted molar refractivity (Wildman–Crippen MR) is 107 cm³/mol. The van der Waals surface area contributed by atoms with Crippen molar-refractivity contribution in [1.82, 2.24) is 9.80 Å². The number of nitrogens with zero attached hydrogens (tertiary/aromatic N) is 2. The Kier molecular flexibility index (Phi) is 7.54. The van der Waals surface area contributed by atoms with Crippen LogP contribution in [0.5, 0.6) is 11.5 Å². The number of carbonyl (C=O) groups is 3. The van der Waals surface area contributed by atoms with Crippen molar-refractivity contribution in [3.05, 3.63) is 29.5 Å². The van der Waals surface area contributed by atoms with Gasteiger partial charge < -0.3 is 23.8 Å². The highest BCUT2D eigenvalue weighted by atomic mass is 32.1. The maximum Gasteiger partial charge on any atom is 0.343 e. The summed E-state index contributed by atoms with van der Waals surface area (Å²) in [5, 5.41) is 0.203. The number of benzene rings is 1. The Morgan fingerprint density at radius 2 is 1.79 bits per heavy atom. The van der Waals surface area contributed by atoms with E-state index in [1.807, 2.05) is 6.92 Å². The number of methoxy groups -OCH3 is 2. The molecule has 29 heavy (non-hydrogen) atoms. The number of carbonyl (C=O) groups excluding carboxylic acids is 3. The van der Waals surface area contributed by atoms with Crippen LogP contribution in [0.1, 0.15) is 12.5 Å². The second kappa shape index (κ2) is 9.87. The minimum atomic E-state index is -0.568. The maximum atomic E-state index is 12.7. The van der Waals surface area contributed by atoms with E-state index in [4.69, 9.17) is 21.7 Å². The number of amides is 1. The third kappa shape index (κ3) is 5.23. The van der Waals surface area contributed by atoms with E-state index < -0.39 is 17.8 Å². The first-order valence-corrected chi connectivity index (χ1v) is 9.07. The van der Waals surface area contributed by atoms with E-state index in [9.17, 15) is 14.4 Å². The zero-order valence-corrected chi connectivity index (χ0v) is 17.4. The van der Waals surface area contributed by atoms with E-state index in [2.05, 4.69) is 9.47 Å². The minimum Gasteiger partial charge on any atom is -0.490 e. The topological polar surface area (TPSA) is 94.6 Å². The van der Waals surface area contributed by atoms with Crippen LogP contribution in [-0.4, -0.2) is 73.8 Å². The predicted octanol–water partition coefficient (Wildman–Crippen LogP) is 1.21. The van der Waals surface area contributed by atoms with Crippen molar-refractivity contribution in [2.24, 2.45) is 0 Å². The molecule has 1 aliphatic rings. The van der Waals surface area contributed by atoms with Gasteiger partial charge in [0.25, 0.3) is 5.91 Å². The average molecular weight is 422 g/mol. The largest absolute Gasteiger partial charge is 0.490 e. The van der Waals surface area contributed by atoms with Gasteiger partial charge in [-0.1, -0.05) is 6.07 Å². The Morgan fingerprint density at radius 3 is 2.41 bits per heavy atom. The molecule has 1 fully saturated rings. The standard InChI is InChI=1S/C19H22N2O7S/c1-5-27-15-9-12(6-7-14(15)28-11-17(23)26-4)8-13-18(24)21(10-16(22)25-3)19(29)20(13)2/h6-9H,5,10-11H2,1-4H3/b13-8-. The molecular weight excluding hydrogens is 400 g/mol. The van der Waals surface area contributed by atoms with E-state index in [0.29, 0.717) is 29.4 Å². The van der Waals surface area contributed by atoms with Crippen molar-refractivity contribution in [2.45, 2.75) is 6.92 Å². The quantitative estimate of drug-likeness (QED) is 0.348. The molecule has 0 saturated carbocycles. The van der Waals surface area contributed by atoms with Crippen LogP contribution >= 0.6 is 12.2 Å². The number of rotatable bonds is 8. The summed E-state index contributed by atoms with van der Waals surface area (Å²) in [6, 6.07) is 5.01. The monoisotopic (exact) mass is 422 g/mol. The third-order valence-corrected chi connectivity index (χ3v) is 4.50. The fourth-order valence-corrected chi connectivity index (χ4v) is 2.75. The second-order valence-electron chi connectivity index (χ2n) is 5.84. The molecule has 156 valence electrons. The number of hydrogen-bond donors (Lipinski definition) is 0. The van der Waals surface area contributed by atoms with Crippen molar-refractivity contribution in [3.8, 4) is 11.5 Å². The van der Waals surface area contributed by atoms with Crippen molar-refractivity contribution >= 4 is 41.3 Å². The van der Waals surface area contributed by atoms with Crippen LogP contribution in [0, 0.1) is 0 Å². The Labute approximate surface area is 173 Å².